The predicted octanol–water partition coefficient (Wildman–Crippen LogP) is 4.77. The van der Waals surface area contributed by atoms with E-state index in [-0.39, 0.29) is 0 Å². The average Bonchev–Trinajstić information content (AvgIpc) is 3.10. The molecule has 1 N–H and O–H groups in total. The minimum atomic E-state index is 0.828. The van der Waals surface area contributed by atoms with Crippen LogP contribution in [-0.2, 0) is 0 Å². The molecule has 0 aliphatic carbocycles. The number of anilines is 2. The Labute approximate surface area is 152 Å². The van der Waals surface area contributed by atoms with Crippen LogP contribution in [0.1, 0.15) is 11.3 Å². The maximum absolute atomic E-state index is 5.23. The minimum absolute atomic E-state index is 0.828. The van der Waals surface area contributed by atoms with Crippen LogP contribution in [0.4, 0.5) is 11.5 Å². The van der Waals surface area contributed by atoms with Crippen LogP contribution in [0.3, 0.4) is 0 Å². The summed E-state index contributed by atoms with van der Waals surface area (Å²) in [6.45, 7) is 4.08. The van der Waals surface area contributed by atoms with Crippen LogP contribution >= 0.6 is 0 Å². The molecule has 0 unspecified atom stereocenters. The Morgan fingerprint density at radius 3 is 2.38 bits per heavy atom. The first kappa shape index (κ1) is 16.1. The second-order valence-corrected chi connectivity index (χ2v) is 6.18. The van der Waals surface area contributed by atoms with Crippen molar-refractivity contribution in [1.82, 2.24) is 14.6 Å². The van der Waals surface area contributed by atoms with Gasteiger partial charge in [0, 0.05) is 22.5 Å². The van der Waals surface area contributed by atoms with Gasteiger partial charge in [0.2, 0.25) is 0 Å². The number of hydrogen-bond acceptors (Lipinski definition) is 4. The fraction of sp³-hybridized carbons (Fsp3) is 0.143. The van der Waals surface area contributed by atoms with Gasteiger partial charge in [0.05, 0.1) is 13.3 Å². The van der Waals surface area contributed by atoms with Gasteiger partial charge in [-0.3, -0.25) is 0 Å². The second kappa shape index (κ2) is 6.52. The number of ether oxygens (including phenoxy) is 1. The summed E-state index contributed by atoms with van der Waals surface area (Å²) >= 11 is 0. The van der Waals surface area contributed by atoms with E-state index in [2.05, 4.69) is 29.5 Å². The molecule has 0 fully saturated rings. The summed E-state index contributed by atoms with van der Waals surface area (Å²) in [5, 5.41) is 8.07. The van der Waals surface area contributed by atoms with E-state index >= 15 is 0 Å². The summed E-state index contributed by atoms with van der Waals surface area (Å²) in [6.07, 6.45) is 1.87. The zero-order valence-corrected chi connectivity index (χ0v) is 15.0. The highest BCUT2D eigenvalue weighted by atomic mass is 16.5. The number of rotatable bonds is 4. The zero-order valence-electron chi connectivity index (χ0n) is 15.0. The fourth-order valence-electron chi connectivity index (χ4n) is 2.97. The van der Waals surface area contributed by atoms with Gasteiger partial charge in [-0.1, -0.05) is 30.3 Å². The molecule has 0 aliphatic heterocycles. The van der Waals surface area contributed by atoms with Crippen molar-refractivity contribution in [3.05, 3.63) is 72.1 Å². The Morgan fingerprint density at radius 1 is 0.962 bits per heavy atom. The summed E-state index contributed by atoms with van der Waals surface area (Å²) in [7, 11) is 1.66. The number of aryl methyl sites for hydroxylation is 1. The van der Waals surface area contributed by atoms with Crippen LogP contribution in [-0.4, -0.2) is 21.7 Å². The van der Waals surface area contributed by atoms with E-state index in [0.717, 1.165) is 45.3 Å². The summed E-state index contributed by atoms with van der Waals surface area (Å²) in [5.41, 5.74) is 5.98. The second-order valence-electron chi connectivity index (χ2n) is 6.18. The summed E-state index contributed by atoms with van der Waals surface area (Å²) < 4.78 is 7.10. The van der Waals surface area contributed by atoms with E-state index in [1.54, 1.807) is 7.11 Å². The molecule has 2 aromatic carbocycles. The molecule has 0 bridgehead atoms. The lowest BCUT2D eigenvalue weighted by Gasteiger charge is -2.14. The lowest BCUT2D eigenvalue weighted by molar-refractivity contribution is 0.415. The quantitative estimate of drug-likeness (QED) is 0.580. The molecule has 4 rings (SSSR count). The van der Waals surface area contributed by atoms with E-state index in [4.69, 9.17) is 9.72 Å². The molecule has 130 valence electrons. The average molecular weight is 344 g/mol. The Hall–Kier alpha value is -3.34. The Morgan fingerprint density at radius 2 is 1.69 bits per heavy atom. The number of hydrogen-bond donors (Lipinski definition) is 1. The molecule has 2 heterocycles. The third kappa shape index (κ3) is 2.77. The largest absolute Gasteiger partial charge is 0.497 e. The van der Waals surface area contributed by atoms with Crippen LogP contribution < -0.4 is 10.1 Å². The lowest BCUT2D eigenvalue weighted by Crippen LogP contribution is -2.06. The van der Waals surface area contributed by atoms with Gasteiger partial charge in [-0.15, -0.1) is 0 Å². The van der Waals surface area contributed by atoms with Crippen molar-refractivity contribution in [2.24, 2.45) is 0 Å². The maximum atomic E-state index is 5.23. The van der Waals surface area contributed by atoms with Gasteiger partial charge in [-0.2, -0.15) is 9.61 Å². The highest BCUT2D eigenvalue weighted by molar-refractivity contribution is 5.79. The zero-order chi connectivity index (χ0) is 18.1. The topological polar surface area (TPSA) is 51.5 Å². The molecule has 0 saturated carbocycles. The van der Waals surface area contributed by atoms with Crippen molar-refractivity contribution >= 4 is 17.2 Å². The van der Waals surface area contributed by atoms with Crippen molar-refractivity contribution in [1.29, 1.82) is 0 Å². The third-order valence-corrected chi connectivity index (χ3v) is 4.56. The first-order valence-electron chi connectivity index (χ1n) is 8.49. The van der Waals surface area contributed by atoms with Gasteiger partial charge >= 0.3 is 0 Å². The number of methoxy groups -OCH3 is 1. The molecule has 2 aromatic heterocycles. The van der Waals surface area contributed by atoms with Gasteiger partial charge < -0.3 is 10.1 Å². The van der Waals surface area contributed by atoms with Crippen LogP contribution in [0.2, 0.25) is 0 Å². The molecule has 0 aliphatic rings. The van der Waals surface area contributed by atoms with Crippen LogP contribution in [0.25, 0.3) is 16.8 Å². The van der Waals surface area contributed by atoms with Crippen LogP contribution in [0.5, 0.6) is 5.75 Å². The van der Waals surface area contributed by atoms with Gasteiger partial charge in [0.25, 0.3) is 0 Å². The summed E-state index contributed by atoms with van der Waals surface area (Å²) in [4.78, 5) is 4.78. The van der Waals surface area contributed by atoms with E-state index in [1.165, 1.54) is 0 Å². The smallest absolute Gasteiger partial charge is 0.165 e. The Kier molecular flexibility index (Phi) is 4.05. The molecule has 5 heteroatoms. The molecule has 5 nitrogen and oxygen atoms in total. The van der Waals surface area contributed by atoms with Gasteiger partial charge in [0.1, 0.15) is 11.6 Å². The normalized spacial score (nSPS) is 10.9. The fourth-order valence-corrected chi connectivity index (χ4v) is 2.97. The number of fused-ring (bicyclic) bond motifs is 1. The predicted molar refractivity (Wildman–Crippen MR) is 104 cm³/mol. The molecule has 0 spiro atoms. The molecular formula is C21H20N4O. The highest BCUT2D eigenvalue weighted by Gasteiger charge is 2.15. The van der Waals surface area contributed by atoms with Crippen molar-refractivity contribution in [3.8, 4) is 16.9 Å². The number of nitrogens with zero attached hydrogens (tertiary/aromatic N) is 3. The van der Waals surface area contributed by atoms with Crippen molar-refractivity contribution < 1.29 is 4.74 Å². The van der Waals surface area contributed by atoms with Gasteiger partial charge in [-0.05, 0) is 43.7 Å². The van der Waals surface area contributed by atoms with Crippen molar-refractivity contribution in [2.45, 2.75) is 13.8 Å². The van der Waals surface area contributed by atoms with Crippen molar-refractivity contribution in [2.75, 3.05) is 12.4 Å². The number of nitrogens with one attached hydrogen (secondary N) is 1. The van der Waals surface area contributed by atoms with Crippen LogP contribution in [0.15, 0.2) is 60.8 Å². The summed E-state index contributed by atoms with van der Waals surface area (Å²) in [6, 6.07) is 18.0. The molecule has 0 radical (unpaired) electrons. The van der Waals surface area contributed by atoms with Gasteiger partial charge in [0.15, 0.2) is 5.65 Å². The Bertz CT molecular complexity index is 1050. The monoisotopic (exact) mass is 344 g/mol. The highest BCUT2D eigenvalue weighted by Crippen LogP contribution is 2.29. The lowest BCUT2D eigenvalue weighted by atomic mass is 10.1. The van der Waals surface area contributed by atoms with Crippen LogP contribution in [0, 0.1) is 13.8 Å². The first-order chi connectivity index (χ1) is 12.7. The van der Waals surface area contributed by atoms with Gasteiger partial charge in [-0.25, -0.2) is 4.98 Å². The molecular weight excluding hydrogens is 324 g/mol. The van der Waals surface area contributed by atoms with E-state index < -0.39 is 0 Å². The summed E-state index contributed by atoms with van der Waals surface area (Å²) in [5.74, 6) is 1.74. The number of benzene rings is 2. The molecule has 26 heavy (non-hydrogen) atoms. The van der Waals surface area contributed by atoms with Crippen molar-refractivity contribution in [3.63, 3.8) is 0 Å². The Balaban J connectivity index is 1.83. The maximum Gasteiger partial charge on any atom is 0.165 e. The molecule has 4 aromatic rings. The third-order valence-electron chi connectivity index (χ3n) is 4.56. The van der Waals surface area contributed by atoms with E-state index in [9.17, 15) is 0 Å². The molecule has 0 amide bonds. The SMILES string of the molecule is COc1ccc(Nc2c(C)c(C)nc3c(-c4ccccc4)cnn23)cc1. The minimum Gasteiger partial charge on any atom is -0.497 e. The van der Waals surface area contributed by atoms with E-state index in [0.29, 0.717) is 0 Å². The molecule has 0 saturated heterocycles. The first-order valence-corrected chi connectivity index (χ1v) is 8.49. The number of aromatic nitrogens is 3. The standard InChI is InChI=1S/C21H20N4O/c1-14-15(2)23-21-19(16-7-5-4-6-8-16)13-22-25(21)20(14)24-17-9-11-18(26-3)12-10-17/h4-13,24H,1-3H3. The molecule has 0 atom stereocenters. The van der Waals surface area contributed by atoms with E-state index in [1.807, 2.05) is 60.1 Å².